The molecule has 2 aliphatic heterocycles. The maximum Gasteiger partial charge on any atom is 0.278 e. The molecule has 4 rings (SSSR count). The van der Waals surface area contributed by atoms with Crippen molar-refractivity contribution in [3.05, 3.63) is 82.6 Å². The van der Waals surface area contributed by atoms with E-state index in [0.717, 1.165) is 16.3 Å². The Hall–Kier alpha value is -4.14. The fourth-order valence-electron chi connectivity index (χ4n) is 4.22. The van der Waals surface area contributed by atoms with Crippen molar-refractivity contribution < 1.29 is 19.2 Å². The molecular formula is C24H24N4O5. The van der Waals surface area contributed by atoms with Gasteiger partial charge in [-0.1, -0.05) is 18.2 Å². The van der Waals surface area contributed by atoms with Crippen LogP contribution in [0.15, 0.2) is 66.9 Å². The second-order valence-corrected chi connectivity index (χ2v) is 7.68. The van der Waals surface area contributed by atoms with Crippen molar-refractivity contribution in [1.29, 1.82) is 0 Å². The summed E-state index contributed by atoms with van der Waals surface area (Å²) in [6.45, 7) is 6.09. The van der Waals surface area contributed by atoms with Crippen LogP contribution in [-0.4, -0.2) is 66.4 Å². The van der Waals surface area contributed by atoms with Gasteiger partial charge in [0, 0.05) is 44.9 Å². The third-order valence-electron chi connectivity index (χ3n) is 5.84. The number of rotatable bonds is 7. The number of hydrogen-bond acceptors (Lipinski definition) is 7. The molecule has 0 unspecified atom stereocenters. The largest absolute Gasteiger partial charge is 0.495 e. The first-order valence-electron chi connectivity index (χ1n) is 10.6. The third-order valence-corrected chi connectivity index (χ3v) is 5.84. The van der Waals surface area contributed by atoms with Crippen molar-refractivity contribution in [2.75, 3.05) is 44.7 Å². The van der Waals surface area contributed by atoms with Crippen molar-refractivity contribution in [1.82, 2.24) is 9.80 Å². The number of piperazine rings is 1. The van der Waals surface area contributed by atoms with Crippen molar-refractivity contribution in [3.8, 4) is 5.75 Å². The first-order chi connectivity index (χ1) is 16.0. The van der Waals surface area contributed by atoms with Crippen LogP contribution in [0.25, 0.3) is 5.57 Å². The van der Waals surface area contributed by atoms with Gasteiger partial charge in [-0.15, -0.1) is 6.58 Å². The van der Waals surface area contributed by atoms with Gasteiger partial charge in [0.25, 0.3) is 17.5 Å². The number of hydrogen-bond donors (Lipinski definition) is 0. The van der Waals surface area contributed by atoms with E-state index in [0.29, 0.717) is 37.4 Å². The van der Waals surface area contributed by atoms with Gasteiger partial charge in [0.05, 0.1) is 23.3 Å². The third kappa shape index (κ3) is 4.05. The van der Waals surface area contributed by atoms with Crippen LogP contribution < -0.4 is 9.64 Å². The van der Waals surface area contributed by atoms with Gasteiger partial charge in [-0.05, 0) is 29.8 Å². The number of carbonyl (C=O) groups is 2. The number of methoxy groups -OCH3 is 1. The highest BCUT2D eigenvalue weighted by Crippen LogP contribution is 2.34. The fourth-order valence-corrected chi connectivity index (χ4v) is 4.22. The minimum Gasteiger partial charge on any atom is -0.495 e. The number of anilines is 1. The number of imide groups is 1. The normalized spacial score (nSPS) is 16.5. The smallest absolute Gasteiger partial charge is 0.278 e. The van der Waals surface area contributed by atoms with Crippen LogP contribution in [0.3, 0.4) is 0 Å². The Labute approximate surface area is 191 Å². The van der Waals surface area contributed by atoms with E-state index in [2.05, 4.69) is 11.5 Å². The lowest BCUT2D eigenvalue weighted by Gasteiger charge is -2.38. The van der Waals surface area contributed by atoms with Crippen LogP contribution in [0.1, 0.15) is 5.56 Å². The number of nitro groups is 1. The molecule has 0 spiro atoms. The van der Waals surface area contributed by atoms with Crippen LogP contribution in [0.5, 0.6) is 5.75 Å². The van der Waals surface area contributed by atoms with Gasteiger partial charge < -0.3 is 14.5 Å². The molecule has 170 valence electrons. The summed E-state index contributed by atoms with van der Waals surface area (Å²) >= 11 is 0. The SMILES string of the molecule is C=CCN1C(=O)C(c2ccc([N+](=O)[O-])cc2)=C(N2CCN(c3ccccc3OC)CC2)C1=O. The lowest BCUT2D eigenvalue weighted by Crippen LogP contribution is -2.47. The van der Waals surface area contributed by atoms with Crippen LogP contribution >= 0.6 is 0 Å². The van der Waals surface area contributed by atoms with E-state index in [4.69, 9.17) is 4.74 Å². The highest BCUT2D eigenvalue weighted by atomic mass is 16.6. The zero-order valence-corrected chi connectivity index (χ0v) is 18.3. The van der Waals surface area contributed by atoms with Gasteiger partial charge in [-0.3, -0.25) is 24.6 Å². The molecule has 0 radical (unpaired) electrons. The molecule has 2 aromatic rings. The zero-order chi connectivity index (χ0) is 23.5. The van der Waals surface area contributed by atoms with Crippen LogP contribution in [0.2, 0.25) is 0 Å². The van der Waals surface area contributed by atoms with E-state index in [1.54, 1.807) is 7.11 Å². The predicted molar refractivity (Wildman–Crippen MR) is 124 cm³/mol. The van der Waals surface area contributed by atoms with Crippen molar-refractivity contribution >= 4 is 28.8 Å². The number of benzene rings is 2. The number of nitrogens with zero attached hydrogens (tertiary/aromatic N) is 4. The average molecular weight is 448 g/mol. The first kappa shape index (κ1) is 22.1. The number of nitro benzene ring substituents is 1. The molecule has 9 heteroatoms. The predicted octanol–water partition coefficient (Wildman–Crippen LogP) is 2.69. The molecule has 0 atom stereocenters. The van der Waals surface area contributed by atoms with Crippen molar-refractivity contribution in [2.24, 2.45) is 0 Å². The number of para-hydroxylation sites is 2. The van der Waals surface area contributed by atoms with Crippen molar-refractivity contribution in [2.45, 2.75) is 0 Å². The molecule has 0 bridgehead atoms. The molecule has 2 heterocycles. The highest BCUT2D eigenvalue weighted by Gasteiger charge is 2.41. The molecule has 1 saturated heterocycles. The molecular weight excluding hydrogens is 424 g/mol. The molecule has 0 saturated carbocycles. The molecule has 33 heavy (non-hydrogen) atoms. The van der Waals surface area contributed by atoms with Crippen LogP contribution in [0.4, 0.5) is 11.4 Å². The van der Waals surface area contributed by atoms with E-state index in [1.807, 2.05) is 29.2 Å². The topological polar surface area (TPSA) is 96.2 Å². The molecule has 2 amide bonds. The van der Waals surface area contributed by atoms with E-state index < -0.39 is 10.8 Å². The van der Waals surface area contributed by atoms with Gasteiger partial charge in [0.2, 0.25) is 0 Å². The summed E-state index contributed by atoms with van der Waals surface area (Å²) in [5.74, 6) is -0.0177. The summed E-state index contributed by atoms with van der Waals surface area (Å²) < 4.78 is 5.47. The van der Waals surface area contributed by atoms with E-state index in [1.165, 1.54) is 30.3 Å². The van der Waals surface area contributed by atoms with Crippen molar-refractivity contribution in [3.63, 3.8) is 0 Å². The summed E-state index contributed by atoms with van der Waals surface area (Å²) in [7, 11) is 1.63. The van der Waals surface area contributed by atoms with Gasteiger partial charge in [0.15, 0.2) is 0 Å². The van der Waals surface area contributed by atoms with Gasteiger partial charge >= 0.3 is 0 Å². The molecule has 1 fully saturated rings. The summed E-state index contributed by atoms with van der Waals surface area (Å²) in [4.78, 5) is 42.2. The Morgan fingerprint density at radius 2 is 1.64 bits per heavy atom. The Morgan fingerprint density at radius 1 is 1.00 bits per heavy atom. The quantitative estimate of drug-likeness (QED) is 0.278. The first-order valence-corrected chi connectivity index (χ1v) is 10.6. The van der Waals surface area contributed by atoms with E-state index in [-0.39, 0.29) is 23.7 Å². The highest BCUT2D eigenvalue weighted by molar-refractivity contribution is 6.35. The Balaban J connectivity index is 1.65. The standard InChI is InChI=1S/C24H24N4O5/c1-3-12-27-23(29)21(17-8-10-18(11-9-17)28(31)32)22(24(27)30)26-15-13-25(14-16-26)19-6-4-5-7-20(19)33-2/h3-11H,1,12-16H2,2H3. The summed E-state index contributed by atoms with van der Waals surface area (Å²) in [5, 5.41) is 11.0. The van der Waals surface area contributed by atoms with Crippen LogP contribution in [-0.2, 0) is 9.59 Å². The zero-order valence-electron chi connectivity index (χ0n) is 18.3. The van der Waals surface area contributed by atoms with Gasteiger partial charge in [-0.25, -0.2) is 0 Å². The van der Waals surface area contributed by atoms with E-state index >= 15 is 0 Å². The Bertz CT molecular complexity index is 1130. The second-order valence-electron chi connectivity index (χ2n) is 7.68. The molecule has 0 N–H and O–H groups in total. The lowest BCUT2D eigenvalue weighted by atomic mass is 10.0. The minimum absolute atomic E-state index is 0.0777. The summed E-state index contributed by atoms with van der Waals surface area (Å²) in [5.41, 5.74) is 1.97. The average Bonchev–Trinajstić information content (AvgIpc) is 3.09. The molecule has 0 aromatic heterocycles. The fraction of sp³-hybridized carbons (Fsp3) is 0.250. The molecule has 2 aromatic carbocycles. The minimum atomic E-state index is -0.498. The molecule has 0 aliphatic carbocycles. The summed E-state index contributed by atoms with van der Waals surface area (Å²) in [6.07, 6.45) is 1.51. The Morgan fingerprint density at radius 3 is 2.24 bits per heavy atom. The number of amides is 2. The summed E-state index contributed by atoms with van der Waals surface area (Å²) in [6, 6.07) is 13.5. The maximum absolute atomic E-state index is 13.2. The van der Waals surface area contributed by atoms with Crippen LogP contribution in [0, 0.1) is 10.1 Å². The molecule has 2 aliphatic rings. The number of carbonyl (C=O) groups excluding carboxylic acids is 2. The molecule has 9 nitrogen and oxygen atoms in total. The van der Waals surface area contributed by atoms with Gasteiger partial charge in [0.1, 0.15) is 11.4 Å². The number of non-ortho nitro benzene ring substituents is 1. The second kappa shape index (κ2) is 9.15. The monoisotopic (exact) mass is 448 g/mol. The Kier molecular flexibility index (Phi) is 6.12. The maximum atomic E-state index is 13.2. The number of ether oxygens (including phenoxy) is 1. The van der Waals surface area contributed by atoms with Gasteiger partial charge in [-0.2, -0.15) is 0 Å². The van der Waals surface area contributed by atoms with E-state index in [9.17, 15) is 19.7 Å². The lowest BCUT2D eigenvalue weighted by molar-refractivity contribution is -0.384.